The summed E-state index contributed by atoms with van der Waals surface area (Å²) in [7, 11) is 0. The molecule has 1 aliphatic heterocycles. The van der Waals surface area contributed by atoms with Crippen LogP contribution in [0.1, 0.15) is 39.5 Å². The van der Waals surface area contributed by atoms with Gasteiger partial charge in [0.15, 0.2) is 5.78 Å². The summed E-state index contributed by atoms with van der Waals surface area (Å²) in [5.74, 6) is 0.616. The van der Waals surface area contributed by atoms with Crippen LogP contribution in [0.3, 0.4) is 0 Å². The van der Waals surface area contributed by atoms with Crippen LogP contribution in [0.2, 0.25) is 0 Å². The third-order valence-electron chi connectivity index (χ3n) is 3.14. The van der Waals surface area contributed by atoms with Crippen molar-refractivity contribution in [3.05, 3.63) is 12.2 Å². The van der Waals surface area contributed by atoms with Gasteiger partial charge in [0.25, 0.3) is 0 Å². The van der Waals surface area contributed by atoms with E-state index in [1.54, 1.807) is 12.2 Å². The van der Waals surface area contributed by atoms with Gasteiger partial charge in [-0.1, -0.05) is 13.0 Å². The summed E-state index contributed by atoms with van der Waals surface area (Å²) < 4.78 is 5.84. The average molecular weight is 226 g/mol. The molecule has 1 N–H and O–H groups in total. The van der Waals surface area contributed by atoms with Gasteiger partial charge in [-0.3, -0.25) is 4.79 Å². The zero-order chi connectivity index (χ0) is 12.0. The van der Waals surface area contributed by atoms with Gasteiger partial charge < -0.3 is 9.84 Å². The first-order valence-corrected chi connectivity index (χ1v) is 6.09. The number of aliphatic hydroxyl groups is 1. The molecule has 1 fully saturated rings. The van der Waals surface area contributed by atoms with Crippen LogP contribution < -0.4 is 0 Å². The highest BCUT2D eigenvalue weighted by molar-refractivity contribution is 5.89. The third kappa shape index (κ3) is 4.06. The van der Waals surface area contributed by atoms with Crippen molar-refractivity contribution in [2.45, 2.75) is 51.7 Å². The topological polar surface area (TPSA) is 46.5 Å². The molecule has 1 rings (SSSR count). The Balaban J connectivity index is 2.42. The van der Waals surface area contributed by atoms with Gasteiger partial charge in [0.2, 0.25) is 0 Å². The van der Waals surface area contributed by atoms with Gasteiger partial charge in [-0.05, 0) is 38.2 Å². The fraction of sp³-hybridized carbons (Fsp3) is 0.769. The van der Waals surface area contributed by atoms with Crippen LogP contribution in [-0.4, -0.2) is 29.7 Å². The Bertz CT molecular complexity index is 248. The lowest BCUT2D eigenvalue weighted by atomic mass is 9.90. The summed E-state index contributed by atoms with van der Waals surface area (Å²) >= 11 is 0. The quantitative estimate of drug-likeness (QED) is 0.730. The van der Waals surface area contributed by atoms with Gasteiger partial charge in [-0.2, -0.15) is 0 Å². The second kappa shape index (κ2) is 6.81. The number of carbonyl (C=O) groups excluding carboxylic acids is 1. The maximum Gasteiger partial charge on any atom is 0.157 e. The van der Waals surface area contributed by atoms with Gasteiger partial charge in [0.1, 0.15) is 0 Å². The lowest BCUT2D eigenvalue weighted by Gasteiger charge is -2.34. The van der Waals surface area contributed by atoms with E-state index < -0.39 is 0 Å². The molecule has 1 saturated heterocycles. The summed E-state index contributed by atoms with van der Waals surface area (Å²) in [4.78, 5) is 11.4. The second-order valence-electron chi connectivity index (χ2n) is 4.53. The van der Waals surface area contributed by atoms with Crippen molar-refractivity contribution >= 4 is 5.78 Å². The zero-order valence-corrected chi connectivity index (χ0v) is 10.2. The Labute approximate surface area is 97.5 Å². The number of hydrogen-bond acceptors (Lipinski definition) is 3. The van der Waals surface area contributed by atoms with Gasteiger partial charge in [0.05, 0.1) is 12.2 Å². The first-order chi connectivity index (χ1) is 7.67. The Hall–Kier alpha value is -0.670. The molecule has 0 aromatic carbocycles. The van der Waals surface area contributed by atoms with E-state index in [1.807, 2.05) is 6.92 Å². The first kappa shape index (κ1) is 13.4. The molecule has 3 nitrogen and oxygen atoms in total. The lowest BCUT2D eigenvalue weighted by molar-refractivity contribution is -0.124. The molecule has 3 atom stereocenters. The number of carbonyl (C=O) groups is 1. The molecular weight excluding hydrogens is 204 g/mol. The van der Waals surface area contributed by atoms with E-state index in [0.29, 0.717) is 18.8 Å². The van der Waals surface area contributed by atoms with Crippen LogP contribution in [0, 0.1) is 5.92 Å². The second-order valence-corrected chi connectivity index (χ2v) is 4.53. The summed E-state index contributed by atoms with van der Waals surface area (Å²) in [5, 5.41) is 8.93. The molecule has 0 saturated carbocycles. The van der Waals surface area contributed by atoms with Gasteiger partial charge in [-0.25, -0.2) is 0 Å². The smallest absolute Gasteiger partial charge is 0.157 e. The van der Waals surface area contributed by atoms with Crippen molar-refractivity contribution in [3.8, 4) is 0 Å². The highest BCUT2D eigenvalue weighted by Gasteiger charge is 2.28. The van der Waals surface area contributed by atoms with E-state index in [1.165, 1.54) is 0 Å². The van der Waals surface area contributed by atoms with Crippen molar-refractivity contribution in [1.82, 2.24) is 0 Å². The molecule has 0 amide bonds. The molecule has 1 heterocycles. The molecule has 0 aromatic rings. The lowest BCUT2D eigenvalue weighted by Crippen LogP contribution is -2.35. The van der Waals surface area contributed by atoms with Crippen LogP contribution >= 0.6 is 0 Å². The van der Waals surface area contributed by atoms with Crippen LogP contribution in [0.5, 0.6) is 0 Å². The van der Waals surface area contributed by atoms with E-state index in [0.717, 1.165) is 12.8 Å². The summed E-state index contributed by atoms with van der Waals surface area (Å²) in [6.07, 6.45) is 6.69. The Morgan fingerprint density at radius 2 is 2.25 bits per heavy atom. The Morgan fingerprint density at radius 3 is 2.88 bits per heavy atom. The molecule has 0 aromatic heterocycles. The minimum absolute atomic E-state index is 0.0384. The standard InChI is InChI=1S/C13H22O3/c1-3-4-11(15)9-12-6-5-10(2)13(16-12)7-8-14/h3-4,10,12-14H,5-9H2,1-2H3/b4-3+. The molecule has 92 valence electrons. The Kier molecular flexibility index (Phi) is 5.71. The first-order valence-electron chi connectivity index (χ1n) is 6.09. The van der Waals surface area contributed by atoms with Gasteiger partial charge in [0, 0.05) is 13.0 Å². The van der Waals surface area contributed by atoms with Gasteiger partial charge >= 0.3 is 0 Å². The van der Waals surface area contributed by atoms with Crippen LogP contribution in [0.25, 0.3) is 0 Å². The average Bonchev–Trinajstić information content (AvgIpc) is 2.24. The predicted octanol–water partition coefficient (Wildman–Crippen LogP) is 2.09. The largest absolute Gasteiger partial charge is 0.396 e. The summed E-state index contributed by atoms with van der Waals surface area (Å²) in [5.41, 5.74) is 0. The number of aliphatic hydroxyl groups excluding tert-OH is 1. The summed E-state index contributed by atoms with van der Waals surface area (Å²) in [6.45, 7) is 4.14. The van der Waals surface area contributed by atoms with E-state index in [2.05, 4.69) is 6.92 Å². The molecule has 3 heteroatoms. The molecule has 0 bridgehead atoms. The molecule has 3 unspecified atom stereocenters. The molecule has 0 aliphatic carbocycles. The number of ether oxygens (including phenoxy) is 1. The minimum Gasteiger partial charge on any atom is -0.396 e. The van der Waals surface area contributed by atoms with Gasteiger partial charge in [-0.15, -0.1) is 0 Å². The number of rotatable bonds is 5. The highest BCUT2D eigenvalue weighted by Crippen LogP contribution is 2.28. The van der Waals surface area contributed by atoms with Crippen LogP contribution in [0.4, 0.5) is 0 Å². The fourth-order valence-corrected chi connectivity index (χ4v) is 2.19. The predicted molar refractivity (Wildman–Crippen MR) is 63.2 cm³/mol. The summed E-state index contributed by atoms with van der Waals surface area (Å²) in [6, 6.07) is 0. The molecular formula is C13H22O3. The van der Waals surface area contributed by atoms with E-state index in [9.17, 15) is 4.79 Å². The SMILES string of the molecule is C/C=C/C(=O)CC1CCC(C)C(CCO)O1. The molecule has 1 aliphatic rings. The van der Waals surface area contributed by atoms with Crippen molar-refractivity contribution in [1.29, 1.82) is 0 Å². The van der Waals surface area contributed by atoms with Crippen molar-refractivity contribution in [2.24, 2.45) is 5.92 Å². The fourth-order valence-electron chi connectivity index (χ4n) is 2.19. The maximum absolute atomic E-state index is 11.4. The highest BCUT2D eigenvalue weighted by atomic mass is 16.5. The minimum atomic E-state index is 0.0384. The number of hydrogen-bond donors (Lipinski definition) is 1. The third-order valence-corrected chi connectivity index (χ3v) is 3.14. The molecule has 0 spiro atoms. The molecule has 16 heavy (non-hydrogen) atoms. The number of allylic oxidation sites excluding steroid dienone is 2. The van der Waals surface area contributed by atoms with E-state index in [-0.39, 0.29) is 24.6 Å². The monoisotopic (exact) mass is 226 g/mol. The van der Waals surface area contributed by atoms with E-state index in [4.69, 9.17) is 9.84 Å². The van der Waals surface area contributed by atoms with Crippen LogP contribution in [-0.2, 0) is 9.53 Å². The molecule has 0 radical (unpaired) electrons. The maximum atomic E-state index is 11.4. The normalized spacial score (nSPS) is 30.8. The van der Waals surface area contributed by atoms with Crippen molar-refractivity contribution in [3.63, 3.8) is 0 Å². The number of ketones is 1. The van der Waals surface area contributed by atoms with Crippen molar-refractivity contribution < 1.29 is 14.6 Å². The Morgan fingerprint density at radius 1 is 1.50 bits per heavy atom. The van der Waals surface area contributed by atoms with E-state index >= 15 is 0 Å². The van der Waals surface area contributed by atoms with Crippen molar-refractivity contribution in [2.75, 3.05) is 6.61 Å². The zero-order valence-electron chi connectivity index (χ0n) is 10.2. The van der Waals surface area contributed by atoms with Crippen LogP contribution in [0.15, 0.2) is 12.2 Å².